The molecule has 0 aliphatic rings. The van der Waals surface area contributed by atoms with E-state index in [0.717, 1.165) is 23.8 Å². The molecule has 0 fully saturated rings. The average Bonchev–Trinajstić information content (AvgIpc) is 3.15. The fourth-order valence-corrected chi connectivity index (χ4v) is 3.29. The van der Waals surface area contributed by atoms with Crippen molar-refractivity contribution in [1.29, 1.82) is 0 Å². The summed E-state index contributed by atoms with van der Waals surface area (Å²) in [4.78, 5) is 27.1. The van der Waals surface area contributed by atoms with Gasteiger partial charge in [-0.25, -0.2) is 4.98 Å². The largest absolute Gasteiger partial charge is 0.494 e. The van der Waals surface area contributed by atoms with Crippen molar-refractivity contribution >= 4 is 39.7 Å². The number of hydrogen-bond acceptors (Lipinski definition) is 6. The van der Waals surface area contributed by atoms with Gasteiger partial charge in [-0.15, -0.1) is 11.3 Å². The first kappa shape index (κ1) is 19.8. The van der Waals surface area contributed by atoms with Gasteiger partial charge in [0.15, 0.2) is 5.13 Å². The normalized spacial score (nSPS) is 10.5. The summed E-state index contributed by atoms with van der Waals surface area (Å²) in [5, 5.41) is 15.8. The molecule has 1 amide bonds. The van der Waals surface area contributed by atoms with E-state index in [0.29, 0.717) is 17.4 Å². The van der Waals surface area contributed by atoms with Gasteiger partial charge in [-0.1, -0.05) is 18.5 Å². The lowest BCUT2D eigenvalue weighted by molar-refractivity contribution is -0.384. The molecule has 0 radical (unpaired) electrons. The lowest BCUT2D eigenvalue weighted by atomic mass is 10.2. The quantitative estimate of drug-likeness (QED) is 0.409. The van der Waals surface area contributed by atoms with Gasteiger partial charge < -0.3 is 4.74 Å². The third kappa shape index (κ3) is 4.65. The van der Waals surface area contributed by atoms with Crippen LogP contribution in [0.15, 0.2) is 47.8 Å². The molecule has 0 bridgehead atoms. The zero-order valence-corrected chi connectivity index (χ0v) is 16.4. The second-order valence-electron chi connectivity index (χ2n) is 5.79. The first-order valence-electron chi connectivity index (χ1n) is 8.42. The van der Waals surface area contributed by atoms with E-state index in [-0.39, 0.29) is 16.3 Å². The van der Waals surface area contributed by atoms with Crippen LogP contribution in [0.25, 0.3) is 11.3 Å². The van der Waals surface area contributed by atoms with Crippen molar-refractivity contribution in [1.82, 2.24) is 4.98 Å². The minimum Gasteiger partial charge on any atom is -0.494 e. The number of hydrogen-bond donors (Lipinski definition) is 1. The number of rotatable bonds is 7. The summed E-state index contributed by atoms with van der Waals surface area (Å²) >= 11 is 7.25. The van der Waals surface area contributed by atoms with Crippen LogP contribution in [0.2, 0.25) is 5.02 Å². The summed E-state index contributed by atoms with van der Waals surface area (Å²) in [6.07, 6.45) is 0.936. The van der Waals surface area contributed by atoms with E-state index in [9.17, 15) is 14.9 Å². The minimum atomic E-state index is -0.581. The SMILES string of the molecule is CCCOc1ccc(-c2csc(NC(=O)c3cc([N+](=O)[O-])ccc3Cl)n2)cc1. The van der Waals surface area contributed by atoms with Crippen molar-refractivity contribution in [3.63, 3.8) is 0 Å². The van der Waals surface area contributed by atoms with Gasteiger partial charge in [-0.2, -0.15) is 0 Å². The lowest BCUT2D eigenvalue weighted by Gasteiger charge is -2.05. The highest BCUT2D eigenvalue weighted by Crippen LogP contribution is 2.28. The fraction of sp³-hybridized carbons (Fsp3) is 0.158. The van der Waals surface area contributed by atoms with Crippen molar-refractivity contribution < 1.29 is 14.5 Å². The predicted molar refractivity (Wildman–Crippen MR) is 109 cm³/mol. The zero-order chi connectivity index (χ0) is 20.1. The van der Waals surface area contributed by atoms with Gasteiger partial charge in [0.2, 0.25) is 0 Å². The summed E-state index contributed by atoms with van der Waals surface area (Å²) in [5.74, 6) is 0.229. The number of carbonyl (C=O) groups is 1. The van der Waals surface area contributed by atoms with E-state index < -0.39 is 10.8 Å². The standard InChI is InChI=1S/C19H16ClN3O4S/c1-2-9-27-14-6-3-12(4-7-14)17-11-28-19(21-17)22-18(24)15-10-13(23(25)26)5-8-16(15)20/h3-8,10-11H,2,9H2,1H3,(H,21,22,24). The lowest BCUT2D eigenvalue weighted by Crippen LogP contribution is -2.12. The highest BCUT2D eigenvalue weighted by atomic mass is 35.5. The molecule has 1 N–H and O–H groups in total. The second kappa shape index (κ2) is 8.81. The number of ether oxygens (including phenoxy) is 1. The van der Waals surface area contributed by atoms with Crippen LogP contribution in [0, 0.1) is 10.1 Å². The molecule has 0 saturated heterocycles. The minimum absolute atomic E-state index is 0.0186. The summed E-state index contributed by atoms with van der Waals surface area (Å²) in [6, 6.07) is 11.2. The molecular weight excluding hydrogens is 402 g/mol. The molecule has 0 aliphatic carbocycles. The van der Waals surface area contributed by atoms with Crippen LogP contribution in [0.4, 0.5) is 10.8 Å². The van der Waals surface area contributed by atoms with E-state index in [1.54, 1.807) is 0 Å². The number of benzene rings is 2. The number of nitrogens with zero attached hydrogens (tertiary/aromatic N) is 2. The number of aromatic nitrogens is 1. The number of amides is 1. The number of carbonyl (C=O) groups excluding carboxylic acids is 1. The second-order valence-corrected chi connectivity index (χ2v) is 7.05. The Bertz CT molecular complexity index is 1000. The number of anilines is 1. The van der Waals surface area contributed by atoms with Crippen molar-refractivity contribution in [2.45, 2.75) is 13.3 Å². The number of nitrogens with one attached hydrogen (secondary N) is 1. The van der Waals surface area contributed by atoms with E-state index in [2.05, 4.69) is 10.3 Å². The Morgan fingerprint density at radius 3 is 2.71 bits per heavy atom. The molecule has 0 saturated carbocycles. The van der Waals surface area contributed by atoms with Crippen LogP contribution < -0.4 is 10.1 Å². The van der Waals surface area contributed by atoms with Crippen LogP contribution in [0.5, 0.6) is 5.75 Å². The molecule has 0 spiro atoms. The molecule has 0 aliphatic heterocycles. The Balaban J connectivity index is 1.73. The molecule has 3 aromatic rings. The Hall–Kier alpha value is -2.97. The molecular formula is C19H16ClN3O4S. The Morgan fingerprint density at radius 2 is 2.04 bits per heavy atom. The van der Waals surface area contributed by atoms with Crippen molar-refractivity contribution in [2.24, 2.45) is 0 Å². The molecule has 1 heterocycles. The number of nitro benzene ring substituents is 1. The molecule has 9 heteroatoms. The summed E-state index contributed by atoms with van der Waals surface area (Å²) in [6.45, 7) is 2.70. The fourth-order valence-electron chi connectivity index (χ4n) is 2.37. The third-order valence-corrected chi connectivity index (χ3v) is 4.84. The maximum absolute atomic E-state index is 12.4. The molecule has 2 aromatic carbocycles. The zero-order valence-electron chi connectivity index (χ0n) is 14.8. The van der Waals surface area contributed by atoms with E-state index in [4.69, 9.17) is 16.3 Å². The van der Waals surface area contributed by atoms with Crippen LogP contribution in [0.3, 0.4) is 0 Å². The van der Waals surface area contributed by atoms with Gasteiger partial charge >= 0.3 is 0 Å². The molecule has 28 heavy (non-hydrogen) atoms. The smallest absolute Gasteiger partial charge is 0.270 e. The van der Waals surface area contributed by atoms with E-state index >= 15 is 0 Å². The first-order valence-corrected chi connectivity index (χ1v) is 9.67. The van der Waals surface area contributed by atoms with Crippen LogP contribution in [0.1, 0.15) is 23.7 Å². The van der Waals surface area contributed by atoms with Gasteiger partial charge in [0, 0.05) is 23.1 Å². The van der Waals surface area contributed by atoms with Gasteiger partial charge in [-0.3, -0.25) is 20.2 Å². The predicted octanol–water partition coefficient (Wildman–Crippen LogP) is 5.41. The monoisotopic (exact) mass is 417 g/mol. The summed E-state index contributed by atoms with van der Waals surface area (Å²) in [7, 11) is 0. The van der Waals surface area contributed by atoms with E-state index in [1.165, 1.54) is 23.5 Å². The van der Waals surface area contributed by atoms with E-state index in [1.807, 2.05) is 36.6 Å². The van der Waals surface area contributed by atoms with Crippen molar-refractivity contribution in [2.75, 3.05) is 11.9 Å². The first-order chi connectivity index (χ1) is 13.5. The molecule has 3 rings (SSSR count). The highest BCUT2D eigenvalue weighted by molar-refractivity contribution is 7.14. The van der Waals surface area contributed by atoms with Crippen LogP contribution in [-0.2, 0) is 0 Å². The number of halogens is 1. The number of thiazole rings is 1. The van der Waals surface area contributed by atoms with Gasteiger partial charge in [0.05, 0.1) is 27.8 Å². The molecule has 1 aromatic heterocycles. The van der Waals surface area contributed by atoms with Crippen LogP contribution >= 0.6 is 22.9 Å². The average molecular weight is 418 g/mol. The van der Waals surface area contributed by atoms with Gasteiger partial charge in [0.25, 0.3) is 11.6 Å². The van der Waals surface area contributed by atoms with Crippen molar-refractivity contribution in [3.8, 4) is 17.0 Å². The highest BCUT2D eigenvalue weighted by Gasteiger charge is 2.17. The number of nitro groups is 1. The maximum atomic E-state index is 12.4. The Kier molecular flexibility index (Phi) is 6.23. The third-order valence-electron chi connectivity index (χ3n) is 3.75. The summed E-state index contributed by atoms with van der Waals surface area (Å²) < 4.78 is 5.56. The molecule has 7 nitrogen and oxygen atoms in total. The molecule has 0 unspecified atom stereocenters. The number of non-ortho nitro benzene ring substituents is 1. The summed E-state index contributed by atoms with van der Waals surface area (Å²) in [5.41, 5.74) is 1.39. The van der Waals surface area contributed by atoms with Crippen LogP contribution in [-0.4, -0.2) is 22.4 Å². The topological polar surface area (TPSA) is 94.4 Å². The molecule has 144 valence electrons. The Labute approximate surface area is 170 Å². The van der Waals surface area contributed by atoms with Gasteiger partial charge in [0.1, 0.15) is 5.75 Å². The maximum Gasteiger partial charge on any atom is 0.270 e. The van der Waals surface area contributed by atoms with Crippen molar-refractivity contribution in [3.05, 3.63) is 68.5 Å². The van der Waals surface area contributed by atoms with Gasteiger partial charge in [-0.05, 0) is 36.8 Å². The molecule has 0 atom stereocenters. The Morgan fingerprint density at radius 1 is 1.29 bits per heavy atom.